The summed E-state index contributed by atoms with van der Waals surface area (Å²) in [6, 6.07) is 23.6. The first-order valence-electron chi connectivity index (χ1n) is 10.5. The van der Waals surface area contributed by atoms with Crippen molar-refractivity contribution in [3.8, 4) is 17.2 Å². The number of hydrogen-bond acceptors (Lipinski definition) is 4. The van der Waals surface area contributed by atoms with Gasteiger partial charge in [0.05, 0.1) is 33.3 Å². The van der Waals surface area contributed by atoms with Gasteiger partial charge in [0, 0.05) is 6.54 Å². The summed E-state index contributed by atoms with van der Waals surface area (Å²) in [4.78, 5) is 15.2. The van der Waals surface area contributed by atoms with Gasteiger partial charge in [0.2, 0.25) is 5.91 Å². The van der Waals surface area contributed by atoms with Gasteiger partial charge in [0.1, 0.15) is 5.75 Å². The maximum absolute atomic E-state index is 13.2. The molecule has 1 amide bonds. The Balaban J connectivity index is 1.61. The molecule has 0 saturated carbocycles. The number of benzene rings is 3. The van der Waals surface area contributed by atoms with Gasteiger partial charge < -0.3 is 19.1 Å². The van der Waals surface area contributed by atoms with E-state index in [0.717, 1.165) is 23.3 Å². The van der Waals surface area contributed by atoms with Crippen LogP contribution < -0.4 is 14.2 Å². The van der Waals surface area contributed by atoms with Crippen LogP contribution in [-0.2, 0) is 11.2 Å². The van der Waals surface area contributed by atoms with E-state index in [0.29, 0.717) is 31.1 Å². The Morgan fingerprint density at radius 1 is 0.935 bits per heavy atom. The molecule has 1 atom stereocenters. The fourth-order valence-corrected chi connectivity index (χ4v) is 4.13. The molecule has 0 unspecified atom stereocenters. The zero-order valence-corrected chi connectivity index (χ0v) is 17.9. The van der Waals surface area contributed by atoms with Crippen LogP contribution in [0.3, 0.4) is 0 Å². The maximum Gasteiger partial charge on any atom is 0.226 e. The molecule has 4 rings (SSSR count). The van der Waals surface area contributed by atoms with Crippen LogP contribution in [-0.4, -0.2) is 38.2 Å². The van der Waals surface area contributed by atoms with Gasteiger partial charge in [-0.3, -0.25) is 4.79 Å². The summed E-state index contributed by atoms with van der Waals surface area (Å²) in [6.07, 6.45) is 1.09. The van der Waals surface area contributed by atoms with Gasteiger partial charge in [-0.15, -0.1) is 0 Å². The minimum atomic E-state index is -0.172. The highest BCUT2D eigenvalue weighted by molar-refractivity contribution is 5.78. The SMILES string of the molecule is COc1cc2c(cc1OC)[C@@H](c1ccccc1)N(C(=O)CCOc1ccccc1)CC2. The normalized spacial score (nSPS) is 15.2. The van der Waals surface area contributed by atoms with Crippen LogP contribution in [0.5, 0.6) is 17.2 Å². The van der Waals surface area contributed by atoms with Crippen molar-refractivity contribution in [2.24, 2.45) is 0 Å². The molecular formula is C26H27NO4. The van der Waals surface area contributed by atoms with E-state index in [4.69, 9.17) is 14.2 Å². The third-order valence-electron chi connectivity index (χ3n) is 5.64. The second-order valence-electron chi connectivity index (χ2n) is 7.47. The zero-order valence-electron chi connectivity index (χ0n) is 17.9. The standard InChI is InChI=1S/C26H27NO4/c1-29-23-17-20-13-15-27(25(28)14-16-31-21-11-7-4-8-12-21)26(19-9-5-3-6-10-19)22(20)18-24(23)30-2/h3-12,17-18,26H,13-16H2,1-2H3/t26-/m1/s1. The van der Waals surface area contributed by atoms with Crippen molar-refractivity contribution >= 4 is 5.91 Å². The molecule has 0 aromatic heterocycles. The Bertz CT molecular complexity index is 1020. The third-order valence-corrected chi connectivity index (χ3v) is 5.64. The molecule has 31 heavy (non-hydrogen) atoms. The van der Waals surface area contributed by atoms with Gasteiger partial charge in [0.15, 0.2) is 11.5 Å². The first-order valence-corrected chi connectivity index (χ1v) is 10.5. The topological polar surface area (TPSA) is 48.0 Å². The number of methoxy groups -OCH3 is 2. The van der Waals surface area contributed by atoms with E-state index in [1.807, 2.05) is 65.6 Å². The molecule has 3 aromatic carbocycles. The Morgan fingerprint density at radius 2 is 1.58 bits per heavy atom. The van der Waals surface area contributed by atoms with Gasteiger partial charge in [-0.25, -0.2) is 0 Å². The number of amides is 1. The van der Waals surface area contributed by atoms with E-state index in [9.17, 15) is 4.79 Å². The lowest BCUT2D eigenvalue weighted by Crippen LogP contribution is -2.41. The minimum absolute atomic E-state index is 0.0743. The van der Waals surface area contributed by atoms with Crippen LogP contribution in [0, 0.1) is 0 Å². The summed E-state index contributed by atoms with van der Waals surface area (Å²) in [5.74, 6) is 2.23. The summed E-state index contributed by atoms with van der Waals surface area (Å²) in [5.41, 5.74) is 3.33. The second-order valence-corrected chi connectivity index (χ2v) is 7.47. The van der Waals surface area contributed by atoms with Gasteiger partial charge >= 0.3 is 0 Å². The average molecular weight is 418 g/mol. The number of ether oxygens (including phenoxy) is 3. The number of carbonyl (C=O) groups excluding carboxylic acids is 1. The number of fused-ring (bicyclic) bond motifs is 1. The highest BCUT2D eigenvalue weighted by Gasteiger charge is 2.33. The number of para-hydroxylation sites is 1. The molecule has 1 heterocycles. The molecule has 0 spiro atoms. The van der Waals surface area contributed by atoms with Crippen molar-refractivity contribution in [1.29, 1.82) is 0 Å². The molecule has 3 aromatic rings. The van der Waals surface area contributed by atoms with Crippen LogP contribution >= 0.6 is 0 Å². The average Bonchev–Trinajstić information content (AvgIpc) is 2.83. The number of hydrogen-bond donors (Lipinski definition) is 0. The summed E-state index contributed by atoms with van der Waals surface area (Å²) in [7, 11) is 3.28. The van der Waals surface area contributed by atoms with Crippen LogP contribution in [0.2, 0.25) is 0 Å². The summed E-state index contributed by atoms with van der Waals surface area (Å²) in [6.45, 7) is 0.992. The first kappa shape index (κ1) is 20.8. The van der Waals surface area contributed by atoms with Crippen molar-refractivity contribution in [3.05, 3.63) is 89.5 Å². The van der Waals surface area contributed by atoms with Gasteiger partial charge in [-0.05, 0) is 47.4 Å². The van der Waals surface area contributed by atoms with Crippen LogP contribution in [0.1, 0.15) is 29.2 Å². The Labute approximate surface area is 183 Å². The number of carbonyl (C=O) groups is 1. The fraction of sp³-hybridized carbons (Fsp3) is 0.269. The Hall–Kier alpha value is -3.47. The molecule has 0 N–H and O–H groups in total. The van der Waals surface area contributed by atoms with E-state index in [1.54, 1.807) is 14.2 Å². The van der Waals surface area contributed by atoms with Crippen LogP contribution in [0.15, 0.2) is 72.8 Å². The van der Waals surface area contributed by atoms with E-state index >= 15 is 0 Å². The number of nitrogens with zero attached hydrogens (tertiary/aromatic N) is 1. The predicted octanol–water partition coefficient (Wildman–Crippen LogP) is 4.65. The summed E-state index contributed by atoms with van der Waals surface area (Å²) in [5, 5.41) is 0. The molecule has 0 bridgehead atoms. The molecular weight excluding hydrogens is 390 g/mol. The molecule has 0 radical (unpaired) electrons. The first-order chi connectivity index (χ1) is 15.2. The molecule has 5 heteroatoms. The highest BCUT2D eigenvalue weighted by Crippen LogP contribution is 2.41. The van der Waals surface area contributed by atoms with E-state index in [2.05, 4.69) is 12.1 Å². The van der Waals surface area contributed by atoms with E-state index in [1.165, 1.54) is 5.56 Å². The van der Waals surface area contributed by atoms with Gasteiger partial charge in [-0.2, -0.15) is 0 Å². The Kier molecular flexibility index (Phi) is 6.41. The summed E-state index contributed by atoms with van der Waals surface area (Å²) >= 11 is 0. The maximum atomic E-state index is 13.2. The van der Waals surface area contributed by atoms with Crippen molar-refractivity contribution in [2.75, 3.05) is 27.4 Å². The molecule has 5 nitrogen and oxygen atoms in total. The van der Waals surface area contributed by atoms with E-state index < -0.39 is 0 Å². The lowest BCUT2D eigenvalue weighted by molar-refractivity contribution is -0.133. The zero-order chi connectivity index (χ0) is 21.6. The van der Waals surface area contributed by atoms with E-state index in [-0.39, 0.29) is 11.9 Å². The lowest BCUT2D eigenvalue weighted by atomic mass is 9.87. The van der Waals surface area contributed by atoms with Gasteiger partial charge in [-0.1, -0.05) is 48.5 Å². The molecule has 160 valence electrons. The van der Waals surface area contributed by atoms with Crippen molar-refractivity contribution in [2.45, 2.75) is 18.9 Å². The quantitative estimate of drug-likeness (QED) is 0.562. The molecule has 1 aliphatic heterocycles. The highest BCUT2D eigenvalue weighted by atomic mass is 16.5. The number of rotatable bonds is 7. The smallest absolute Gasteiger partial charge is 0.226 e. The fourth-order valence-electron chi connectivity index (χ4n) is 4.13. The molecule has 0 saturated heterocycles. The Morgan fingerprint density at radius 3 is 2.26 bits per heavy atom. The van der Waals surface area contributed by atoms with Crippen molar-refractivity contribution in [1.82, 2.24) is 4.90 Å². The largest absolute Gasteiger partial charge is 0.493 e. The predicted molar refractivity (Wildman–Crippen MR) is 120 cm³/mol. The minimum Gasteiger partial charge on any atom is -0.493 e. The molecule has 0 fully saturated rings. The molecule has 0 aliphatic carbocycles. The van der Waals surface area contributed by atoms with Gasteiger partial charge in [0.25, 0.3) is 0 Å². The monoisotopic (exact) mass is 417 g/mol. The summed E-state index contributed by atoms with van der Waals surface area (Å²) < 4.78 is 16.8. The van der Waals surface area contributed by atoms with Crippen LogP contribution in [0.4, 0.5) is 0 Å². The van der Waals surface area contributed by atoms with Crippen molar-refractivity contribution in [3.63, 3.8) is 0 Å². The molecule has 1 aliphatic rings. The second kappa shape index (κ2) is 9.56. The van der Waals surface area contributed by atoms with Crippen molar-refractivity contribution < 1.29 is 19.0 Å². The lowest BCUT2D eigenvalue weighted by Gasteiger charge is -2.38. The van der Waals surface area contributed by atoms with Crippen LogP contribution in [0.25, 0.3) is 0 Å². The third kappa shape index (κ3) is 4.50.